The summed E-state index contributed by atoms with van der Waals surface area (Å²) in [5.41, 5.74) is 1.91. The Balaban J connectivity index is 0.00000225. The summed E-state index contributed by atoms with van der Waals surface area (Å²) in [6.45, 7) is 2.83. The minimum Gasteiger partial charge on any atom is -0.342 e. The summed E-state index contributed by atoms with van der Waals surface area (Å²) in [5.74, 6) is 0.967. The van der Waals surface area contributed by atoms with Crippen molar-refractivity contribution in [2.45, 2.75) is 25.7 Å². The van der Waals surface area contributed by atoms with Gasteiger partial charge in [-0.2, -0.15) is 0 Å². The van der Waals surface area contributed by atoms with Crippen molar-refractivity contribution in [3.63, 3.8) is 0 Å². The number of benzene rings is 1. The Labute approximate surface area is 154 Å². The molecule has 0 unspecified atom stereocenters. The van der Waals surface area contributed by atoms with Crippen LogP contribution in [-0.4, -0.2) is 57.7 Å². The zero-order chi connectivity index (χ0) is 16.8. The minimum atomic E-state index is 0. The number of carbonyl (C=O) groups excluding carboxylic acids is 1. The van der Waals surface area contributed by atoms with Gasteiger partial charge in [-0.25, -0.2) is 4.68 Å². The Morgan fingerprint density at radius 3 is 2.56 bits per heavy atom. The number of likely N-dealkylation sites (tertiary alicyclic amines) is 1. The molecule has 1 aliphatic heterocycles. The van der Waals surface area contributed by atoms with E-state index in [9.17, 15) is 4.79 Å². The standard InChI is InChI=1S/C17H24N6O.ClH/c1-18-9-6-14-7-10-22(11-8-14)17(24)12-15-2-4-16(5-3-15)23-13-19-20-21-23;/h2-5,13-14,18H,6-12H2,1H3;1H. The molecule has 2 heterocycles. The van der Waals surface area contributed by atoms with Gasteiger partial charge in [-0.05, 0) is 66.9 Å². The Morgan fingerprint density at radius 2 is 1.96 bits per heavy atom. The molecule has 3 rings (SSSR count). The highest BCUT2D eigenvalue weighted by atomic mass is 35.5. The number of hydrogen-bond donors (Lipinski definition) is 1. The molecular weight excluding hydrogens is 340 g/mol. The van der Waals surface area contributed by atoms with Crippen molar-refractivity contribution in [3.05, 3.63) is 36.2 Å². The zero-order valence-corrected chi connectivity index (χ0v) is 15.3. The second-order valence-electron chi connectivity index (χ2n) is 6.31. The van der Waals surface area contributed by atoms with E-state index in [2.05, 4.69) is 20.8 Å². The van der Waals surface area contributed by atoms with Crippen LogP contribution in [-0.2, 0) is 11.2 Å². The maximum Gasteiger partial charge on any atom is 0.226 e. The molecular formula is C17H25ClN6O. The fourth-order valence-corrected chi connectivity index (χ4v) is 3.15. The molecule has 1 saturated heterocycles. The van der Waals surface area contributed by atoms with Gasteiger partial charge in [0.2, 0.25) is 5.91 Å². The Bertz CT molecular complexity index is 638. The zero-order valence-electron chi connectivity index (χ0n) is 14.5. The van der Waals surface area contributed by atoms with E-state index in [1.54, 1.807) is 11.0 Å². The lowest BCUT2D eigenvalue weighted by atomic mass is 9.93. The molecule has 0 spiro atoms. The first-order valence-corrected chi connectivity index (χ1v) is 8.51. The third-order valence-electron chi connectivity index (χ3n) is 4.68. The van der Waals surface area contributed by atoms with Gasteiger partial charge in [-0.3, -0.25) is 4.79 Å². The summed E-state index contributed by atoms with van der Waals surface area (Å²) in [6, 6.07) is 7.80. The van der Waals surface area contributed by atoms with E-state index in [4.69, 9.17) is 0 Å². The molecule has 7 nitrogen and oxygen atoms in total. The highest BCUT2D eigenvalue weighted by Gasteiger charge is 2.22. The SMILES string of the molecule is CNCCC1CCN(C(=O)Cc2ccc(-n3cnnn3)cc2)CC1.Cl. The lowest BCUT2D eigenvalue weighted by Crippen LogP contribution is -2.39. The van der Waals surface area contributed by atoms with Gasteiger partial charge in [0.15, 0.2) is 0 Å². The van der Waals surface area contributed by atoms with Crippen molar-refractivity contribution in [3.8, 4) is 5.69 Å². The number of rotatable bonds is 6. The second kappa shape index (κ2) is 9.48. The predicted octanol–water partition coefficient (Wildman–Crippen LogP) is 1.47. The number of hydrogen-bond acceptors (Lipinski definition) is 5. The molecule has 25 heavy (non-hydrogen) atoms. The number of aromatic nitrogens is 4. The Kier molecular flexibility index (Phi) is 7.33. The number of halogens is 1. The number of nitrogens with one attached hydrogen (secondary N) is 1. The highest BCUT2D eigenvalue weighted by molar-refractivity contribution is 5.85. The van der Waals surface area contributed by atoms with Crippen LogP contribution >= 0.6 is 12.4 Å². The second-order valence-corrected chi connectivity index (χ2v) is 6.31. The molecule has 0 bridgehead atoms. The number of piperidine rings is 1. The fraction of sp³-hybridized carbons (Fsp3) is 0.529. The molecule has 1 N–H and O–H groups in total. The lowest BCUT2D eigenvalue weighted by Gasteiger charge is -2.32. The molecule has 136 valence electrons. The van der Waals surface area contributed by atoms with Gasteiger partial charge >= 0.3 is 0 Å². The van der Waals surface area contributed by atoms with Crippen molar-refractivity contribution in [1.82, 2.24) is 30.4 Å². The van der Waals surface area contributed by atoms with E-state index in [-0.39, 0.29) is 18.3 Å². The van der Waals surface area contributed by atoms with Crippen LogP contribution in [0, 0.1) is 5.92 Å². The van der Waals surface area contributed by atoms with Gasteiger partial charge in [0.05, 0.1) is 12.1 Å². The number of amides is 1. The maximum absolute atomic E-state index is 12.5. The topological polar surface area (TPSA) is 75.9 Å². The molecule has 2 aromatic rings. The molecule has 1 fully saturated rings. The highest BCUT2D eigenvalue weighted by Crippen LogP contribution is 2.20. The summed E-state index contributed by atoms with van der Waals surface area (Å²) in [7, 11) is 1.99. The Morgan fingerprint density at radius 1 is 1.24 bits per heavy atom. The van der Waals surface area contributed by atoms with Gasteiger partial charge in [-0.1, -0.05) is 12.1 Å². The van der Waals surface area contributed by atoms with Crippen LogP contribution in [0.1, 0.15) is 24.8 Å². The van der Waals surface area contributed by atoms with Crippen LogP contribution in [0.5, 0.6) is 0 Å². The van der Waals surface area contributed by atoms with E-state index in [1.165, 1.54) is 6.42 Å². The summed E-state index contributed by atoms with van der Waals surface area (Å²) >= 11 is 0. The molecule has 1 amide bonds. The number of carbonyl (C=O) groups is 1. The molecule has 0 aliphatic carbocycles. The monoisotopic (exact) mass is 364 g/mol. The van der Waals surface area contributed by atoms with Gasteiger partial charge in [0.25, 0.3) is 0 Å². The van der Waals surface area contributed by atoms with Gasteiger partial charge < -0.3 is 10.2 Å². The molecule has 1 aliphatic rings. The van der Waals surface area contributed by atoms with Crippen LogP contribution in [0.4, 0.5) is 0 Å². The summed E-state index contributed by atoms with van der Waals surface area (Å²) in [4.78, 5) is 14.5. The van der Waals surface area contributed by atoms with Crippen molar-refractivity contribution in [2.24, 2.45) is 5.92 Å². The summed E-state index contributed by atoms with van der Waals surface area (Å²) < 4.78 is 1.60. The third-order valence-corrected chi connectivity index (χ3v) is 4.68. The van der Waals surface area contributed by atoms with Gasteiger partial charge in [0.1, 0.15) is 6.33 Å². The normalized spacial score (nSPS) is 15.0. The first kappa shape index (κ1) is 19.3. The average molecular weight is 365 g/mol. The van der Waals surface area contributed by atoms with Crippen LogP contribution < -0.4 is 5.32 Å². The fourth-order valence-electron chi connectivity index (χ4n) is 3.15. The van der Waals surface area contributed by atoms with E-state index in [1.807, 2.05) is 36.2 Å². The minimum absolute atomic E-state index is 0. The predicted molar refractivity (Wildman–Crippen MR) is 98.0 cm³/mol. The molecule has 0 atom stereocenters. The van der Waals surface area contributed by atoms with Crippen molar-refractivity contribution in [2.75, 3.05) is 26.7 Å². The molecule has 1 aromatic carbocycles. The lowest BCUT2D eigenvalue weighted by molar-refractivity contribution is -0.131. The number of tetrazole rings is 1. The van der Waals surface area contributed by atoms with Crippen LogP contribution in [0.2, 0.25) is 0 Å². The van der Waals surface area contributed by atoms with Gasteiger partial charge in [0, 0.05) is 13.1 Å². The quantitative estimate of drug-likeness (QED) is 0.840. The van der Waals surface area contributed by atoms with E-state index < -0.39 is 0 Å². The molecule has 0 saturated carbocycles. The molecule has 1 aromatic heterocycles. The van der Waals surface area contributed by atoms with Crippen molar-refractivity contribution >= 4 is 18.3 Å². The third kappa shape index (κ3) is 5.24. The van der Waals surface area contributed by atoms with Crippen LogP contribution in [0.3, 0.4) is 0 Å². The van der Waals surface area contributed by atoms with Gasteiger partial charge in [-0.15, -0.1) is 17.5 Å². The maximum atomic E-state index is 12.5. The van der Waals surface area contributed by atoms with E-state index >= 15 is 0 Å². The first-order chi connectivity index (χ1) is 11.8. The molecule has 0 radical (unpaired) electrons. The van der Waals surface area contributed by atoms with Crippen molar-refractivity contribution < 1.29 is 4.79 Å². The summed E-state index contributed by atoms with van der Waals surface area (Å²) in [5, 5.41) is 14.3. The smallest absolute Gasteiger partial charge is 0.226 e. The van der Waals surface area contributed by atoms with E-state index in [0.29, 0.717) is 6.42 Å². The Hall–Kier alpha value is -1.99. The first-order valence-electron chi connectivity index (χ1n) is 8.51. The number of nitrogens with zero attached hydrogens (tertiary/aromatic N) is 5. The van der Waals surface area contributed by atoms with E-state index in [0.717, 1.165) is 49.6 Å². The molecule has 8 heteroatoms. The van der Waals surface area contributed by atoms with Crippen LogP contribution in [0.15, 0.2) is 30.6 Å². The average Bonchev–Trinajstić information content (AvgIpc) is 3.15. The van der Waals surface area contributed by atoms with Crippen LogP contribution in [0.25, 0.3) is 5.69 Å². The van der Waals surface area contributed by atoms with Crippen molar-refractivity contribution in [1.29, 1.82) is 0 Å². The summed E-state index contributed by atoms with van der Waals surface area (Å²) in [6.07, 6.45) is 5.45. The largest absolute Gasteiger partial charge is 0.342 e.